The van der Waals surface area contributed by atoms with E-state index in [0.717, 1.165) is 23.5 Å². The quantitative estimate of drug-likeness (QED) is 0.592. The highest BCUT2D eigenvalue weighted by atomic mass is 35.5. The number of alkyl halides is 3. The Labute approximate surface area is 157 Å². The zero-order valence-corrected chi connectivity index (χ0v) is 14.9. The van der Waals surface area contributed by atoms with Crippen LogP contribution in [0.15, 0.2) is 36.4 Å². The Balaban J connectivity index is 1.79. The highest BCUT2D eigenvalue weighted by molar-refractivity contribution is 7.18. The first-order chi connectivity index (χ1) is 12.3. The molecule has 0 saturated carbocycles. The molecule has 1 N–H and O–H groups in total. The maximum absolute atomic E-state index is 12.6. The summed E-state index contributed by atoms with van der Waals surface area (Å²) in [6.45, 7) is -0.0197. The van der Waals surface area contributed by atoms with Crippen LogP contribution in [0, 0.1) is 11.8 Å². The Morgan fingerprint density at radius 2 is 1.92 bits per heavy atom. The Bertz CT molecular complexity index is 865. The van der Waals surface area contributed by atoms with Crippen molar-refractivity contribution in [2.45, 2.75) is 19.0 Å². The molecule has 0 bridgehead atoms. The van der Waals surface area contributed by atoms with Gasteiger partial charge in [0, 0.05) is 18.4 Å². The Hall–Kier alpha value is -2.30. The summed E-state index contributed by atoms with van der Waals surface area (Å²) >= 11 is 6.90. The van der Waals surface area contributed by atoms with Gasteiger partial charge in [-0.05, 0) is 30.3 Å². The Kier molecular flexibility index (Phi) is 6.83. The van der Waals surface area contributed by atoms with E-state index in [-0.39, 0.29) is 36.6 Å². The van der Waals surface area contributed by atoms with Gasteiger partial charge in [0.2, 0.25) is 5.91 Å². The van der Waals surface area contributed by atoms with Crippen LogP contribution >= 0.6 is 22.9 Å². The summed E-state index contributed by atoms with van der Waals surface area (Å²) in [5.41, 5.74) is -0.570. The maximum atomic E-state index is 12.6. The minimum Gasteiger partial charge on any atom is -0.345 e. The number of hydrogen-bond acceptors (Lipinski definition) is 3. The molecule has 1 aromatic carbocycles. The third kappa shape index (κ3) is 6.21. The molecule has 136 valence electrons. The van der Waals surface area contributed by atoms with Crippen molar-refractivity contribution in [3.8, 4) is 11.8 Å². The van der Waals surface area contributed by atoms with Gasteiger partial charge in [0.15, 0.2) is 5.78 Å². The van der Waals surface area contributed by atoms with Gasteiger partial charge >= 0.3 is 6.18 Å². The van der Waals surface area contributed by atoms with E-state index < -0.39 is 11.7 Å². The standard InChI is InChI=1S/C18H13ClF3NO2S/c19-16-8-7-15(26-16)14(24)6-9-17(25)23-10-2-4-12-3-1-5-13(11-12)18(20,21)22/h1,3,5,7-8,11H,6,9-10H2,(H,23,25). The number of rotatable bonds is 5. The van der Waals surface area contributed by atoms with Crippen LogP contribution in [0.1, 0.15) is 33.6 Å². The number of amides is 1. The molecule has 1 amide bonds. The summed E-state index contributed by atoms with van der Waals surface area (Å²) in [6, 6.07) is 7.85. The van der Waals surface area contributed by atoms with Crippen LogP contribution in [0.3, 0.4) is 0 Å². The summed E-state index contributed by atoms with van der Waals surface area (Å²) in [4.78, 5) is 24.0. The largest absolute Gasteiger partial charge is 0.416 e. The number of benzene rings is 1. The molecule has 0 unspecified atom stereocenters. The number of nitrogens with one attached hydrogen (secondary N) is 1. The van der Waals surface area contributed by atoms with Crippen molar-refractivity contribution in [1.82, 2.24) is 5.32 Å². The van der Waals surface area contributed by atoms with Crippen molar-refractivity contribution >= 4 is 34.6 Å². The first kappa shape index (κ1) is 20.0. The topological polar surface area (TPSA) is 46.2 Å². The third-order valence-electron chi connectivity index (χ3n) is 3.22. The molecule has 0 spiro atoms. The predicted molar refractivity (Wildman–Crippen MR) is 94.2 cm³/mol. The fourth-order valence-corrected chi connectivity index (χ4v) is 2.98. The average molecular weight is 400 g/mol. The van der Waals surface area contributed by atoms with Crippen molar-refractivity contribution in [3.05, 3.63) is 56.7 Å². The second-order valence-corrected chi connectivity index (χ2v) is 6.90. The predicted octanol–water partition coefficient (Wildman–Crippen LogP) is 4.55. The summed E-state index contributed by atoms with van der Waals surface area (Å²) in [5.74, 6) is 4.61. The lowest BCUT2D eigenvalue weighted by Crippen LogP contribution is -2.23. The maximum Gasteiger partial charge on any atom is 0.416 e. The monoisotopic (exact) mass is 399 g/mol. The van der Waals surface area contributed by atoms with E-state index in [2.05, 4.69) is 17.2 Å². The van der Waals surface area contributed by atoms with Crippen LogP contribution in [0.4, 0.5) is 13.2 Å². The van der Waals surface area contributed by atoms with Crippen LogP contribution in [0.2, 0.25) is 4.34 Å². The van der Waals surface area contributed by atoms with Gasteiger partial charge in [-0.25, -0.2) is 0 Å². The minimum absolute atomic E-state index is 0.000406. The molecule has 0 atom stereocenters. The molecule has 1 aromatic heterocycles. The Morgan fingerprint density at radius 1 is 1.15 bits per heavy atom. The zero-order valence-electron chi connectivity index (χ0n) is 13.3. The normalized spacial score (nSPS) is 10.8. The van der Waals surface area contributed by atoms with Crippen molar-refractivity contribution in [1.29, 1.82) is 0 Å². The van der Waals surface area contributed by atoms with E-state index in [1.807, 2.05) is 0 Å². The number of ketones is 1. The number of carbonyl (C=O) groups excluding carboxylic acids is 2. The Morgan fingerprint density at radius 3 is 2.58 bits per heavy atom. The molecule has 2 rings (SSSR count). The van der Waals surface area contributed by atoms with Gasteiger partial charge in [0.05, 0.1) is 21.3 Å². The molecule has 0 saturated heterocycles. The summed E-state index contributed by atoms with van der Waals surface area (Å²) in [7, 11) is 0. The van der Waals surface area contributed by atoms with E-state index in [9.17, 15) is 22.8 Å². The molecule has 0 radical (unpaired) electrons. The van der Waals surface area contributed by atoms with Gasteiger partial charge < -0.3 is 5.32 Å². The van der Waals surface area contributed by atoms with Crippen LogP contribution < -0.4 is 5.32 Å². The highest BCUT2D eigenvalue weighted by Gasteiger charge is 2.30. The molecule has 2 aromatic rings. The van der Waals surface area contributed by atoms with Crippen molar-refractivity contribution in [2.75, 3.05) is 6.54 Å². The summed E-state index contributed by atoms with van der Waals surface area (Å²) < 4.78 is 38.3. The van der Waals surface area contributed by atoms with E-state index in [0.29, 0.717) is 9.21 Å². The molecule has 0 fully saturated rings. The molecular formula is C18H13ClF3NO2S. The first-order valence-electron chi connectivity index (χ1n) is 7.47. The van der Waals surface area contributed by atoms with Crippen LogP contribution in [0.5, 0.6) is 0 Å². The minimum atomic E-state index is -4.43. The second-order valence-electron chi connectivity index (χ2n) is 5.18. The third-order valence-corrected chi connectivity index (χ3v) is 4.50. The number of hydrogen-bond donors (Lipinski definition) is 1. The summed E-state index contributed by atoms with van der Waals surface area (Å²) in [5, 5.41) is 2.50. The number of thiophene rings is 1. The van der Waals surface area contributed by atoms with Gasteiger partial charge in [-0.1, -0.05) is 29.5 Å². The van der Waals surface area contributed by atoms with E-state index in [1.165, 1.54) is 12.1 Å². The van der Waals surface area contributed by atoms with Crippen molar-refractivity contribution in [2.24, 2.45) is 0 Å². The van der Waals surface area contributed by atoms with E-state index >= 15 is 0 Å². The van der Waals surface area contributed by atoms with Crippen molar-refractivity contribution < 1.29 is 22.8 Å². The fraction of sp³-hybridized carbons (Fsp3) is 0.222. The number of halogens is 4. The van der Waals surface area contributed by atoms with Crippen LogP contribution in [0.25, 0.3) is 0 Å². The lowest BCUT2D eigenvalue weighted by atomic mass is 10.1. The zero-order chi connectivity index (χ0) is 19.2. The smallest absolute Gasteiger partial charge is 0.345 e. The van der Waals surface area contributed by atoms with Crippen LogP contribution in [-0.4, -0.2) is 18.2 Å². The number of carbonyl (C=O) groups is 2. The van der Waals surface area contributed by atoms with Gasteiger partial charge in [-0.2, -0.15) is 13.2 Å². The molecule has 0 aliphatic rings. The molecule has 26 heavy (non-hydrogen) atoms. The SMILES string of the molecule is O=C(CCC(=O)c1ccc(Cl)s1)NCC#Cc1cccc(C(F)(F)F)c1. The van der Waals surface area contributed by atoms with E-state index in [4.69, 9.17) is 11.6 Å². The molecular weight excluding hydrogens is 387 g/mol. The highest BCUT2D eigenvalue weighted by Crippen LogP contribution is 2.29. The molecule has 0 aliphatic heterocycles. The van der Waals surface area contributed by atoms with E-state index in [1.54, 1.807) is 12.1 Å². The fourth-order valence-electron chi connectivity index (χ4n) is 1.97. The molecule has 1 heterocycles. The second kappa shape index (κ2) is 8.88. The average Bonchev–Trinajstić information content (AvgIpc) is 3.02. The number of Topliss-reactive ketones (excluding diaryl/α,β-unsaturated/α-hetero) is 1. The molecule has 0 aliphatic carbocycles. The lowest BCUT2D eigenvalue weighted by Gasteiger charge is -2.05. The van der Waals surface area contributed by atoms with Crippen LogP contribution in [-0.2, 0) is 11.0 Å². The lowest BCUT2D eigenvalue weighted by molar-refractivity contribution is -0.137. The van der Waals surface area contributed by atoms with Gasteiger partial charge in [0.1, 0.15) is 0 Å². The van der Waals surface area contributed by atoms with Gasteiger partial charge in [0.25, 0.3) is 0 Å². The van der Waals surface area contributed by atoms with Crippen molar-refractivity contribution in [3.63, 3.8) is 0 Å². The van der Waals surface area contributed by atoms with Gasteiger partial charge in [-0.3, -0.25) is 9.59 Å². The van der Waals surface area contributed by atoms with Gasteiger partial charge in [-0.15, -0.1) is 11.3 Å². The first-order valence-corrected chi connectivity index (χ1v) is 8.66. The summed E-state index contributed by atoms with van der Waals surface area (Å²) in [6.07, 6.45) is -4.38. The molecule has 3 nitrogen and oxygen atoms in total. The molecule has 8 heteroatoms.